The zero-order valence-corrected chi connectivity index (χ0v) is 8.06. The fourth-order valence-electron chi connectivity index (χ4n) is 1.67. The van der Waals surface area contributed by atoms with E-state index in [9.17, 15) is 4.79 Å². The Hall–Kier alpha value is -0.860. The second kappa shape index (κ2) is 4.40. The minimum absolute atomic E-state index is 0. The number of rotatable bonds is 1. The Bertz CT molecular complexity index is 312. The van der Waals surface area contributed by atoms with Crippen LogP contribution in [0, 0.1) is 0 Å². The van der Waals surface area contributed by atoms with E-state index in [-0.39, 0.29) is 12.4 Å². The monoisotopic (exact) mass is 197 g/mol. The van der Waals surface area contributed by atoms with Crippen LogP contribution in [0.25, 0.3) is 0 Å². The first kappa shape index (κ1) is 10.2. The van der Waals surface area contributed by atoms with Gasteiger partial charge in [0.1, 0.15) is 6.29 Å². The molecule has 0 atom stereocenters. The van der Waals surface area contributed by atoms with Crippen molar-refractivity contribution in [3.05, 3.63) is 34.9 Å². The molecule has 1 aromatic carbocycles. The Morgan fingerprint density at radius 3 is 3.00 bits per heavy atom. The van der Waals surface area contributed by atoms with Crippen molar-refractivity contribution in [3.8, 4) is 0 Å². The summed E-state index contributed by atoms with van der Waals surface area (Å²) in [4.78, 5) is 10.7. The molecule has 0 unspecified atom stereocenters. The van der Waals surface area contributed by atoms with E-state index < -0.39 is 0 Å². The lowest BCUT2D eigenvalue weighted by atomic mass is 9.96. The number of carbonyl (C=O) groups is 1. The largest absolute Gasteiger partial charge is 0.312 e. The molecule has 0 saturated carbocycles. The molecule has 0 aromatic heterocycles. The molecule has 0 fully saturated rings. The van der Waals surface area contributed by atoms with Gasteiger partial charge >= 0.3 is 0 Å². The molecule has 1 heterocycles. The maximum absolute atomic E-state index is 10.7. The number of hydrogen-bond acceptors (Lipinski definition) is 2. The Morgan fingerprint density at radius 1 is 1.38 bits per heavy atom. The fraction of sp³-hybridized carbons (Fsp3) is 0.300. The number of aldehydes is 1. The number of nitrogens with one attached hydrogen (secondary N) is 1. The molecular formula is C10H12ClNO. The molecule has 1 N–H and O–H groups in total. The van der Waals surface area contributed by atoms with Crippen molar-refractivity contribution >= 4 is 18.7 Å². The molecule has 3 heteroatoms. The van der Waals surface area contributed by atoms with Crippen LogP contribution >= 0.6 is 12.4 Å². The SMILES string of the molecule is Cl.O=Cc1cccc2c1CCNC2. The third-order valence-electron chi connectivity index (χ3n) is 2.30. The van der Waals surface area contributed by atoms with Crippen molar-refractivity contribution in [2.45, 2.75) is 13.0 Å². The second-order valence-electron chi connectivity index (χ2n) is 3.03. The van der Waals surface area contributed by atoms with E-state index in [4.69, 9.17) is 0 Å². The van der Waals surface area contributed by atoms with Crippen molar-refractivity contribution in [3.63, 3.8) is 0 Å². The van der Waals surface area contributed by atoms with Gasteiger partial charge in [0.25, 0.3) is 0 Å². The van der Waals surface area contributed by atoms with Gasteiger partial charge in [0.05, 0.1) is 0 Å². The number of hydrogen-bond donors (Lipinski definition) is 1. The molecule has 2 nitrogen and oxygen atoms in total. The summed E-state index contributed by atoms with van der Waals surface area (Å²) in [5.74, 6) is 0. The summed E-state index contributed by atoms with van der Waals surface area (Å²) in [7, 11) is 0. The minimum atomic E-state index is 0. The molecule has 1 aliphatic heterocycles. The van der Waals surface area contributed by atoms with Gasteiger partial charge in [-0.05, 0) is 24.1 Å². The summed E-state index contributed by atoms with van der Waals surface area (Å²) in [6.07, 6.45) is 1.92. The van der Waals surface area contributed by atoms with Gasteiger partial charge in [-0.25, -0.2) is 0 Å². The van der Waals surface area contributed by atoms with Crippen molar-refractivity contribution in [2.75, 3.05) is 6.54 Å². The van der Waals surface area contributed by atoms with Crippen LogP contribution in [0.5, 0.6) is 0 Å². The molecule has 1 aliphatic rings. The highest BCUT2D eigenvalue weighted by molar-refractivity contribution is 5.85. The normalized spacial score (nSPS) is 14.2. The van der Waals surface area contributed by atoms with Gasteiger partial charge in [0.15, 0.2) is 0 Å². The van der Waals surface area contributed by atoms with Gasteiger partial charge in [0.2, 0.25) is 0 Å². The van der Waals surface area contributed by atoms with Crippen LogP contribution < -0.4 is 5.32 Å². The summed E-state index contributed by atoms with van der Waals surface area (Å²) in [6.45, 7) is 1.88. The van der Waals surface area contributed by atoms with Crippen LogP contribution in [0.4, 0.5) is 0 Å². The first-order valence-electron chi connectivity index (χ1n) is 4.18. The molecule has 1 aromatic rings. The minimum Gasteiger partial charge on any atom is -0.312 e. The molecule has 0 amide bonds. The molecule has 0 aliphatic carbocycles. The molecule has 0 radical (unpaired) electrons. The van der Waals surface area contributed by atoms with Gasteiger partial charge in [0, 0.05) is 12.1 Å². The lowest BCUT2D eigenvalue weighted by Gasteiger charge is -2.17. The van der Waals surface area contributed by atoms with Crippen LogP contribution in [0.15, 0.2) is 18.2 Å². The summed E-state index contributed by atoms with van der Waals surface area (Å²) >= 11 is 0. The van der Waals surface area contributed by atoms with Gasteiger partial charge < -0.3 is 5.32 Å². The standard InChI is InChI=1S/C10H11NO.ClH/c12-7-9-3-1-2-8-6-11-5-4-10(8)9;/h1-3,7,11H,4-6H2;1H. The first-order chi connectivity index (χ1) is 5.92. The summed E-state index contributed by atoms with van der Waals surface area (Å²) in [6, 6.07) is 5.90. The number of fused-ring (bicyclic) bond motifs is 1. The Morgan fingerprint density at radius 2 is 2.23 bits per heavy atom. The Kier molecular flexibility index (Phi) is 3.46. The van der Waals surface area contributed by atoms with E-state index in [0.717, 1.165) is 31.4 Å². The highest BCUT2D eigenvalue weighted by atomic mass is 35.5. The fourth-order valence-corrected chi connectivity index (χ4v) is 1.67. The lowest BCUT2D eigenvalue weighted by molar-refractivity contribution is 0.112. The van der Waals surface area contributed by atoms with Crippen molar-refractivity contribution < 1.29 is 4.79 Å². The predicted octanol–water partition coefficient (Wildman–Crippen LogP) is 1.57. The van der Waals surface area contributed by atoms with Crippen LogP contribution in [0.2, 0.25) is 0 Å². The molecule has 70 valence electrons. The van der Waals surface area contributed by atoms with Crippen LogP contribution in [0.1, 0.15) is 21.5 Å². The van der Waals surface area contributed by atoms with Crippen LogP contribution in [-0.4, -0.2) is 12.8 Å². The quantitative estimate of drug-likeness (QED) is 0.693. The molecule has 2 rings (SSSR count). The van der Waals surface area contributed by atoms with Crippen LogP contribution in [-0.2, 0) is 13.0 Å². The van der Waals surface area contributed by atoms with E-state index >= 15 is 0 Å². The molecule has 0 bridgehead atoms. The summed E-state index contributed by atoms with van der Waals surface area (Å²) in [5.41, 5.74) is 3.35. The third-order valence-corrected chi connectivity index (χ3v) is 2.30. The van der Waals surface area contributed by atoms with E-state index in [1.54, 1.807) is 0 Å². The highest BCUT2D eigenvalue weighted by Crippen LogP contribution is 2.16. The predicted molar refractivity (Wildman–Crippen MR) is 54.5 cm³/mol. The third kappa shape index (κ3) is 1.90. The first-order valence-corrected chi connectivity index (χ1v) is 4.18. The van der Waals surface area contributed by atoms with Crippen molar-refractivity contribution in [2.24, 2.45) is 0 Å². The summed E-state index contributed by atoms with van der Waals surface area (Å²) < 4.78 is 0. The Labute approximate surface area is 83.7 Å². The average molecular weight is 198 g/mol. The molecule has 13 heavy (non-hydrogen) atoms. The number of halogens is 1. The molecule has 0 saturated heterocycles. The van der Waals surface area contributed by atoms with Gasteiger partial charge in [-0.1, -0.05) is 18.2 Å². The van der Waals surface area contributed by atoms with E-state index in [2.05, 4.69) is 11.4 Å². The van der Waals surface area contributed by atoms with Crippen molar-refractivity contribution in [1.29, 1.82) is 0 Å². The maximum atomic E-state index is 10.7. The average Bonchev–Trinajstić information content (AvgIpc) is 2.17. The second-order valence-corrected chi connectivity index (χ2v) is 3.03. The zero-order chi connectivity index (χ0) is 8.39. The number of carbonyl (C=O) groups excluding carboxylic acids is 1. The lowest BCUT2D eigenvalue weighted by Crippen LogP contribution is -2.24. The smallest absolute Gasteiger partial charge is 0.150 e. The molecule has 0 spiro atoms. The van der Waals surface area contributed by atoms with E-state index in [1.165, 1.54) is 11.1 Å². The van der Waals surface area contributed by atoms with Crippen molar-refractivity contribution in [1.82, 2.24) is 5.32 Å². The Balaban J connectivity index is 0.000000845. The highest BCUT2D eigenvalue weighted by Gasteiger charge is 2.10. The van der Waals surface area contributed by atoms with Gasteiger partial charge in [-0.2, -0.15) is 0 Å². The summed E-state index contributed by atoms with van der Waals surface area (Å²) in [5, 5.41) is 3.28. The van der Waals surface area contributed by atoms with E-state index in [1.807, 2.05) is 12.1 Å². The van der Waals surface area contributed by atoms with Crippen LogP contribution in [0.3, 0.4) is 0 Å². The zero-order valence-electron chi connectivity index (χ0n) is 7.25. The number of benzene rings is 1. The van der Waals surface area contributed by atoms with Gasteiger partial charge in [-0.3, -0.25) is 4.79 Å². The topological polar surface area (TPSA) is 29.1 Å². The van der Waals surface area contributed by atoms with Gasteiger partial charge in [-0.15, -0.1) is 12.4 Å². The maximum Gasteiger partial charge on any atom is 0.150 e. The molecular weight excluding hydrogens is 186 g/mol. The van der Waals surface area contributed by atoms with E-state index in [0.29, 0.717) is 0 Å².